The highest BCUT2D eigenvalue weighted by Gasteiger charge is 2.27. The Kier molecular flexibility index (Phi) is 4.51. The lowest BCUT2D eigenvalue weighted by atomic mass is 10.2. The van der Waals surface area contributed by atoms with Gasteiger partial charge in [0.1, 0.15) is 11.4 Å². The van der Waals surface area contributed by atoms with Gasteiger partial charge >= 0.3 is 11.8 Å². The third-order valence-corrected chi connectivity index (χ3v) is 5.02. The van der Waals surface area contributed by atoms with Crippen LogP contribution < -0.4 is 16.6 Å². The quantitative estimate of drug-likeness (QED) is 0.852. The van der Waals surface area contributed by atoms with Crippen molar-refractivity contribution >= 4 is 22.8 Å². The number of carbonyl (C=O) groups excluding carboxylic acids is 1. The van der Waals surface area contributed by atoms with Gasteiger partial charge in [0.2, 0.25) is 0 Å². The molecule has 0 atom stereocenters. The highest BCUT2D eigenvalue weighted by molar-refractivity contribution is 5.87. The van der Waals surface area contributed by atoms with E-state index >= 15 is 0 Å². The molecule has 8 nitrogen and oxygen atoms in total. The number of hydrogen-bond acceptors (Lipinski definition) is 5. The molecule has 0 bridgehead atoms. The van der Waals surface area contributed by atoms with Crippen LogP contribution in [0.1, 0.15) is 46.5 Å². The van der Waals surface area contributed by atoms with Gasteiger partial charge in [0, 0.05) is 13.1 Å². The highest BCUT2D eigenvalue weighted by atomic mass is 16.6. The smallest absolute Gasteiger partial charge is 0.413 e. The monoisotopic (exact) mass is 386 g/mol. The normalized spacial score (nSPS) is 17.0. The maximum atomic E-state index is 13.0. The zero-order valence-electron chi connectivity index (χ0n) is 16.5. The van der Waals surface area contributed by atoms with E-state index in [2.05, 4.69) is 10.3 Å². The van der Waals surface area contributed by atoms with E-state index in [0.717, 1.165) is 25.7 Å². The predicted molar refractivity (Wildman–Crippen MR) is 106 cm³/mol. The summed E-state index contributed by atoms with van der Waals surface area (Å²) < 4.78 is 8.26. The SMILES string of the molecule is CC(C)(C)OC(=O)Nc1cc2c(=O)n(CC3CC3)c(=O)n(CC3CC3)c2cn1. The molecule has 2 aromatic heterocycles. The molecule has 0 aliphatic heterocycles. The molecule has 2 saturated carbocycles. The molecular formula is C20H26N4O4. The number of fused-ring (bicyclic) bond motifs is 1. The third kappa shape index (κ3) is 4.10. The Bertz CT molecular complexity index is 1040. The second kappa shape index (κ2) is 6.76. The van der Waals surface area contributed by atoms with E-state index in [4.69, 9.17) is 4.74 Å². The van der Waals surface area contributed by atoms with Crippen molar-refractivity contribution in [1.29, 1.82) is 0 Å². The number of nitrogens with zero attached hydrogens (tertiary/aromatic N) is 3. The summed E-state index contributed by atoms with van der Waals surface area (Å²) >= 11 is 0. The lowest BCUT2D eigenvalue weighted by molar-refractivity contribution is 0.0635. The van der Waals surface area contributed by atoms with Crippen molar-refractivity contribution in [1.82, 2.24) is 14.1 Å². The van der Waals surface area contributed by atoms with Gasteiger partial charge in [-0.3, -0.25) is 19.2 Å². The van der Waals surface area contributed by atoms with Crippen LogP contribution in [0.15, 0.2) is 21.9 Å². The molecule has 150 valence electrons. The summed E-state index contributed by atoms with van der Waals surface area (Å²) in [6.45, 7) is 6.37. The molecule has 2 heterocycles. The van der Waals surface area contributed by atoms with Gasteiger partial charge in [-0.25, -0.2) is 14.6 Å². The van der Waals surface area contributed by atoms with E-state index in [1.54, 1.807) is 25.3 Å². The Labute approximate surface area is 162 Å². The second-order valence-corrected chi connectivity index (χ2v) is 8.91. The molecule has 0 saturated heterocycles. The topological polar surface area (TPSA) is 95.2 Å². The van der Waals surface area contributed by atoms with Crippen LogP contribution in [0.4, 0.5) is 10.6 Å². The van der Waals surface area contributed by atoms with E-state index in [1.165, 1.54) is 16.8 Å². The maximum Gasteiger partial charge on any atom is 0.413 e. The lowest BCUT2D eigenvalue weighted by Crippen LogP contribution is -2.41. The number of hydrogen-bond donors (Lipinski definition) is 1. The molecule has 0 spiro atoms. The lowest BCUT2D eigenvalue weighted by Gasteiger charge is -2.19. The first-order valence-electron chi connectivity index (χ1n) is 9.84. The van der Waals surface area contributed by atoms with Gasteiger partial charge < -0.3 is 4.74 Å². The first-order chi connectivity index (χ1) is 13.2. The Morgan fingerprint density at radius 2 is 1.75 bits per heavy atom. The van der Waals surface area contributed by atoms with Crippen LogP contribution in [0.5, 0.6) is 0 Å². The van der Waals surface area contributed by atoms with E-state index in [0.29, 0.717) is 35.8 Å². The molecule has 1 N–H and O–H groups in total. The Hall–Kier alpha value is -2.64. The van der Waals surface area contributed by atoms with Crippen molar-refractivity contribution in [2.24, 2.45) is 11.8 Å². The molecule has 8 heteroatoms. The largest absolute Gasteiger partial charge is 0.444 e. The van der Waals surface area contributed by atoms with Gasteiger partial charge in [0.05, 0.1) is 17.1 Å². The standard InChI is InChI=1S/C20H26N4O4/c1-20(2,3)28-18(26)22-16-8-14-15(9-21-16)23(10-12-4-5-12)19(27)24(17(14)25)11-13-6-7-13/h8-9,12-13H,4-7,10-11H2,1-3H3,(H,21,22,26). The predicted octanol–water partition coefficient (Wildman–Crippen LogP) is 2.73. The zero-order chi connectivity index (χ0) is 20.1. The van der Waals surface area contributed by atoms with Crippen LogP contribution in [-0.4, -0.2) is 25.8 Å². The number of nitrogens with one attached hydrogen (secondary N) is 1. The van der Waals surface area contributed by atoms with Gasteiger partial charge in [-0.05, 0) is 64.4 Å². The molecule has 0 aromatic carbocycles. The Morgan fingerprint density at radius 3 is 2.32 bits per heavy atom. The minimum atomic E-state index is -0.636. The van der Waals surface area contributed by atoms with Gasteiger partial charge in [-0.15, -0.1) is 0 Å². The molecule has 4 rings (SSSR count). The van der Waals surface area contributed by atoms with E-state index < -0.39 is 11.7 Å². The number of rotatable bonds is 5. The average Bonchev–Trinajstić information content (AvgIpc) is 3.49. The zero-order valence-corrected chi connectivity index (χ0v) is 16.5. The Balaban J connectivity index is 1.75. The fourth-order valence-electron chi connectivity index (χ4n) is 3.25. The molecule has 2 aliphatic carbocycles. The van der Waals surface area contributed by atoms with Crippen molar-refractivity contribution in [3.05, 3.63) is 33.1 Å². The second-order valence-electron chi connectivity index (χ2n) is 8.91. The Morgan fingerprint density at radius 1 is 1.14 bits per heavy atom. The summed E-state index contributed by atoms with van der Waals surface area (Å²) in [7, 11) is 0. The van der Waals surface area contributed by atoms with E-state index in [1.807, 2.05) is 0 Å². The van der Waals surface area contributed by atoms with Crippen LogP contribution >= 0.6 is 0 Å². The fourth-order valence-corrected chi connectivity index (χ4v) is 3.25. The number of pyridine rings is 1. The van der Waals surface area contributed by atoms with Crippen LogP contribution in [0.2, 0.25) is 0 Å². The van der Waals surface area contributed by atoms with Gasteiger partial charge in [-0.2, -0.15) is 0 Å². The summed E-state index contributed by atoms with van der Waals surface area (Å²) in [5, 5.41) is 2.96. The van der Waals surface area contributed by atoms with Gasteiger partial charge in [0.15, 0.2) is 0 Å². The fraction of sp³-hybridized carbons (Fsp3) is 0.600. The number of amides is 1. The summed E-state index contributed by atoms with van der Waals surface area (Å²) in [6, 6.07) is 1.54. The molecule has 1 amide bonds. The first kappa shape index (κ1) is 18.7. The molecule has 0 radical (unpaired) electrons. The summed E-state index contributed by atoms with van der Waals surface area (Å²) in [5.74, 6) is 1.11. The maximum absolute atomic E-state index is 13.0. The van der Waals surface area contributed by atoms with Crippen molar-refractivity contribution in [2.45, 2.75) is 65.1 Å². The number of ether oxygens (including phenoxy) is 1. The summed E-state index contributed by atoms with van der Waals surface area (Å²) in [4.78, 5) is 42.2. The molecule has 2 aliphatic rings. The molecule has 28 heavy (non-hydrogen) atoms. The van der Waals surface area contributed by atoms with Crippen LogP contribution in [-0.2, 0) is 17.8 Å². The molecular weight excluding hydrogens is 360 g/mol. The average molecular weight is 386 g/mol. The number of carbonyl (C=O) groups is 1. The van der Waals surface area contributed by atoms with E-state index in [9.17, 15) is 14.4 Å². The molecule has 2 fully saturated rings. The highest BCUT2D eigenvalue weighted by Crippen LogP contribution is 2.32. The van der Waals surface area contributed by atoms with Crippen LogP contribution in [0.25, 0.3) is 10.9 Å². The number of anilines is 1. The van der Waals surface area contributed by atoms with Crippen molar-refractivity contribution < 1.29 is 9.53 Å². The number of aromatic nitrogens is 3. The van der Waals surface area contributed by atoms with Gasteiger partial charge in [-0.1, -0.05) is 0 Å². The molecule has 2 aromatic rings. The summed E-state index contributed by atoms with van der Waals surface area (Å²) in [5.41, 5.74) is -0.703. The van der Waals surface area contributed by atoms with Crippen molar-refractivity contribution in [3.8, 4) is 0 Å². The molecule has 0 unspecified atom stereocenters. The third-order valence-electron chi connectivity index (χ3n) is 5.02. The first-order valence-corrected chi connectivity index (χ1v) is 9.84. The summed E-state index contributed by atoms with van der Waals surface area (Å²) in [6.07, 6.45) is 5.16. The minimum Gasteiger partial charge on any atom is -0.444 e. The van der Waals surface area contributed by atoms with Crippen LogP contribution in [0.3, 0.4) is 0 Å². The van der Waals surface area contributed by atoms with Crippen LogP contribution in [0, 0.1) is 11.8 Å². The van der Waals surface area contributed by atoms with Gasteiger partial charge in [0.25, 0.3) is 5.56 Å². The van der Waals surface area contributed by atoms with Crippen molar-refractivity contribution in [2.75, 3.05) is 5.32 Å². The minimum absolute atomic E-state index is 0.230. The van der Waals surface area contributed by atoms with E-state index in [-0.39, 0.29) is 17.1 Å². The van der Waals surface area contributed by atoms with Crippen molar-refractivity contribution in [3.63, 3.8) is 0 Å².